The molecule has 0 saturated carbocycles. The van der Waals surface area contributed by atoms with Crippen LogP contribution in [-0.2, 0) is 21.3 Å². The largest absolute Gasteiger partial charge is 0.481 e. The van der Waals surface area contributed by atoms with Crippen molar-refractivity contribution < 1.29 is 14.1 Å². The molecule has 1 N–H and O–H groups in total. The van der Waals surface area contributed by atoms with Crippen molar-refractivity contribution in [1.82, 2.24) is 0 Å². The van der Waals surface area contributed by atoms with E-state index in [1.165, 1.54) is 0 Å². The van der Waals surface area contributed by atoms with Crippen molar-refractivity contribution in [2.24, 2.45) is 0 Å². The Bertz CT molecular complexity index is 425. The van der Waals surface area contributed by atoms with Crippen LogP contribution in [0.5, 0.6) is 0 Å². The van der Waals surface area contributed by atoms with E-state index in [1.54, 1.807) is 6.92 Å². The molecule has 0 aliphatic carbocycles. The minimum atomic E-state index is -0.858. The molecule has 0 aliphatic heterocycles. The third-order valence-electron chi connectivity index (χ3n) is 3.18. The lowest BCUT2D eigenvalue weighted by Gasteiger charge is -2.10. The molecule has 3 unspecified atom stereocenters. The van der Waals surface area contributed by atoms with Crippen molar-refractivity contribution >= 4 is 16.8 Å². The van der Waals surface area contributed by atoms with Gasteiger partial charge in [0, 0.05) is 21.8 Å². The molecule has 18 heavy (non-hydrogen) atoms. The number of benzene rings is 1. The van der Waals surface area contributed by atoms with E-state index in [0.717, 1.165) is 17.5 Å². The first kappa shape index (κ1) is 14.9. The highest BCUT2D eigenvalue weighted by molar-refractivity contribution is 7.84. The monoisotopic (exact) mass is 268 g/mol. The average molecular weight is 268 g/mol. The molecule has 0 amide bonds. The van der Waals surface area contributed by atoms with E-state index >= 15 is 0 Å². The van der Waals surface area contributed by atoms with Gasteiger partial charge in [-0.05, 0) is 24.5 Å². The predicted molar refractivity (Wildman–Crippen MR) is 74.1 cm³/mol. The van der Waals surface area contributed by atoms with Gasteiger partial charge in [0.2, 0.25) is 0 Å². The Kier molecular flexibility index (Phi) is 5.54. The maximum atomic E-state index is 11.9. The van der Waals surface area contributed by atoms with Gasteiger partial charge < -0.3 is 5.11 Å². The molecule has 1 aromatic carbocycles. The Morgan fingerprint density at radius 1 is 1.28 bits per heavy atom. The zero-order valence-corrected chi connectivity index (χ0v) is 11.9. The summed E-state index contributed by atoms with van der Waals surface area (Å²) in [6, 6.07) is 7.36. The van der Waals surface area contributed by atoms with Gasteiger partial charge in [-0.1, -0.05) is 38.1 Å². The summed E-state index contributed by atoms with van der Waals surface area (Å²) in [6.07, 6.45) is 0.904. The molecule has 1 aromatic rings. The van der Waals surface area contributed by atoms with Crippen molar-refractivity contribution in [1.29, 1.82) is 0 Å². The van der Waals surface area contributed by atoms with Crippen LogP contribution in [0.4, 0.5) is 0 Å². The fourth-order valence-corrected chi connectivity index (χ4v) is 2.71. The number of aliphatic carboxylic acids is 1. The SMILES string of the molecule is CCC(C)S(=O)Cc1ccc(C(C)C(=O)O)cc1. The fourth-order valence-electron chi connectivity index (χ4n) is 1.54. The Balaban J connectivity index is 2.72. The molecule has 0 spiro atoms. The summed E-state index contributed by atoms with van der Waals surface area (Å²) < 4.78 is 11.9. The number of rotatable bonds is 6. The number of carboxylic acid groups (broad SMARTS) is 1. The predicted octanol–water partition coefficient (Wildman–Crippen LogP) is 2.92. The lowest BCUT2D eigenvalue weighted by atomic mass is 10.0. The minimum absolute atomic E-state index is 0.197. The summed E-state index contributed by atoms with van der Waals surface area (Å²) in [4.78, 5) is 10.8. The van der Waals surface area contributed by atoms with Gasteiger partial charge in [-0.15, -0.1) is 0 Å². The first-order valence-electron chi connectivity index (χ1n) is 6.14. The van der Waals surface area contributed by atoms with Crippen LogP contribution in [0.15, 0.2) is 24.3 Å². The number of hydrogen-bond donors (Lipinski definition) is 1. The van der Waals surface area contributed by atoms with Crippen molar-refractivity contribution in [2.45, 2.75) is 44.1 Å². The van der Waals surface area contributed by atoms with Gasteiger partial charge in [-0.2, -0.15) is 0 Å². The van der Waals surface area contributed by atoms with E-state index in [2.05, 4.69) is 0 Å². The second-order valence-electron chi connectivity index (χ2n) is 4.55. The van der Waals surface area contributed by atoms with E-state index in [0.29, 0.717) is 5.75 Å². The van der Waals surface area contributed by atoms with Gasteiger partial charge in [0.1, 0.15) is 0 Å². The lowest BCUT2D eigenvalue weighted by Crippen LogP contribution is -2.11. The van der Waals surface area contributed by atoms with E-state index in [4.69, 9.17) is 5.11 Å². The summed E-state index contributed by atoms with van der Waals surface area (Å²) in [5.74, 6) is -0.790. The molecule has 0 radical (unpaired) electrons. The summed E-state index contributed by atoms with van der Waals surface area (Å²) in [5, 5.41) is 9.10. The highest BCUT2D eigenvalue weighted by Crippen LogP contribution is 2.17. The molecule has 3 atom stereocenters. The molecule has 0 fully saturated rings. The Hall–Kier alpha value is -1.16. The van der Waals surface area contributed by atoms with Crippen LogP contribution in [0, 0.1) is 0 Å². The zero-order valence-electron chi connectivity index (χ0n) is 11.1. The van der Waals surface area contributed by atoms with E-state index in [-0.39, 0.29) is 5.25 Å². The van der Waals surface area contributed by atoms with Crippen molar-refractivity contribution in [3.05, 3.63) is 35.4 Å². The van der Waals surface area contributed by atoms with Crippen molar-refractivity contribution in [3.63, 3.8) is 0 Å². The van der Waals surface area contributed by atoms with Gasteiger partial charge in [0.25, 0.3) is 0 Å². The van der Waals surface area contributed by atoms with Crippen molar-refractivity contribution in [3.8, 4) is 0 Å². The van der Waals surface area contributed by atoms with Crippen LogP contribution in [0.1, 0.15) is 44.2 Å². The molecule has 1 rings (SSSR count). The topological polar surface area (TPSA) is 54.4 Å². The summed E-state index contributed by atoms with van der Waals surface area (Å²) in [7, 11) is -0.858. The molecule has 4 heteroatoms. The third kappa shape index (κ3) is 3.95. The van der Waals surface area contributed by atoms with E-state index < -0.39 is 22.7 Å². The minimum Gasteiger partial charge on any atom is -0.481 e. The molecular formula is C14H20O3S. The number of hydrogen-bond acceptors (Lipinski definition) is 2. The Morgan fingerprint density at radius 2 is 1.83 bits per heavy atom. The Morgan fingerprint density at radius 3 is 2.28 bits per heavy atom. The van der Waals surface area contributed by atoms with Gasteiger partial charge in [-0.3, -0.25) is 9.00 Å². The molecule has 0 bridgehead atoms. The van der Waals surface area contributed by atoms with E-state index in [1.807, 2.05) is 38.1 Å². The van der Waals surface area contributed by atoms with Crippen LogP contribution in [-0.4, -0.2) is 20.5 Å². The molecule has 0 heterocycles. The second kappa shape index (κ2) is 6.69. The Labute approximate surface area is 111 Å². The third-order valence-corrected chi connectivity index (χ3v) is 5.03. The molecule has 0 aliphatic rings. The quantitative estimate of drug-likeness (QED) is 0.863. The molecule has 0 aromatic heterocycles. The van der Waals surface area contributed by atoms with Crippen molar-refractivity contribution in [2.75, 3.05) is 0 Å². The first-order chi connectivity index (χ1) is 8.45. The molecule has 3 nitrogen and oxygen atoms in total. The number of carboxylic acids is 1. The normalized spacial score (nSPS) is 15.9. The van der Waals surface area contributed by atoms with Gasteiger partial charge >= 0.3 is 5.97 Å². The van der Waals surface area contributed by atoms with Gasteiger partial charge in [0.05, 0.1) is 5.92 Å². The highest BCUT2D eigenvalue weighted by Gasteiger charge is 2.14. The molecule has 100 valence electrons. The maximum absolute atomic E-state index is 11.9. The molecular weight excluding hydrogens is 248 g/mol. The molecule has 0 saturated heterocycles. The highest BCUT2D eigenvalue weighted by atomic mass is 32.2. The van der Waals surface area contributed by atoms with Crippen LogP contribution in [0.3, 0.4) is 0 Å². The summed E-state index contributed by atoms with van der Waals surface area (Å²) in [6.45, 7) is 5.67. The fraction of sp³-hybridized carbons (Fsp3) is 0.500. The average Bonchev–Trinajstić information content (AvgIpc) is 2.37. The zero-order chi connectivity index (χ0) is 13.7. The van der Waals surface area contributed by atoms with E-state index in [9.17, 15) is 9.00 Å². The van der Waals surface area contributed by atoms with Gasteiger partial charge in [0.15, 0.2) is 0 Å². The lowest BCUT2D eigenvalue weighted by molar-refractivity contribution is -0.138. The van der Waals surface area contributed by atoms with Crippen LogP contribution in [0.25, 0.3) is 0 Å². The number of carbonyl (C=O) groups is 1. The maximum Gasteiger partial charge on any atom is 0.310 e. The van der Waals surface area contributed by atoms with Crippen LogP contribution < -0.4 is 0 Å². The van der Waals surface area contributed by atoms with Gasteiger partial charge in [-0.25, -0.2) is 0 Å². The van der Waals surface area contributed by atoms with Crippen LogP contribution >= 0.6 is 0 Å². The first-order valence-corrected chi connectivity index (χ1v) is 7.52. The summed E-state index contributed by atoms with van der Waals surface area (Å²) in [5.41, 5.74) is 1.77. The second-order valence-corrected chi connectivity index (χ2v) is 6.40. The van der Waals surface area contributed by atoms with Crippen LogP contribution in [0.2, 0.25) is 0 Å². The smallest absolute Gasteiger partial charge is 0.310 e. The standard InChI is InChI=1S/C14H20O3S/c1-4-10(2)18(17)9-12-5-7-13(8-6-12)11(3)14(15)16/h5-8,10-11H,4,9H2,1-3H3,(H,15,16). The summed E-state index contributed by atoms with van der Waals surface area (Å²) >= 11 is 0.